The Balaban J connectivity index is 1.99. The van der Waals surface area contributed by atoms with Crippen molar-refractivity contribution in [3.05, 3.63) is 35.4 Å². The predicted molar refractivity (Wildman–Crippen MR) is 77.7 cm³/mol. The van der Waals surface area contributed by atoms with Crippen molar-refractivity contribution in [3.63, 3.8) is 0 Å². The second-order valence-corrected chi connectivity index (χ2v) is 5.45. The number of nitrogens with two attached hydrogens (primary N) is 1. The van der Waals surface area contributed by atoms with Gasteiger partial charge in [-0.1, -0.05) is 43.5 Å². The summed E-state index contributed by atoms with van der Waals surface area (Å²) in [5.41, 5.74) is 7.86. The van der Waals surface area contributed by atoms with Crippen LogP contribution in [0.1, 0.15) is 43.2 Å². The molecule has 104 valence electrons. The first-order valence-electron chi connectivity index (χ1n) is 7.25. The van der Waals surface area contributed by atoms with Gasteiger partial charge in [0.05, 0.1) is 6.42 Å². The summed E-state index contributed by atoms with van der Waals surface area (Å²) in [6, 6.07) is 8.40. The zero-order chi connectivity index (χ0) is 13.7. The Morgan fingerprint density at radius 1 is 1.21 bits per heavy atom. The maximum atomic E-state index is 12.4. The minimum atomic E-state index is 0.216. The van der Waals surface area contributed by atoms with Gasteiger partial charge in [0.15, 0.2) is 0 Å². The Morgan fingerprint density at radius 2 is 1.84 bits per heavy atom. The van der Waals surface area contributed by atoms with Crippen LogP contribution in [-0.4, -0.2) is 23.9 Å². The Kier molecular flexibility index (Phi) is 4.97. The van der Waals surface area contributed by atoms with Crippen LogP contribution in [0.4, 0.5) is 0 Å². The van der Waals surface area contributed by atoms with Gasteiger partial charge in [-0.25, -0.2) is 0 Å². The zero-order valence-corrected chi connectivity index (χ0v) is 11.8. The molecule has 1 aromatic rings. The van der Waals surface area contributed by atoms with Crippen LogP contribution < -0.4 is 5.73 Å². The van der Waals surface area contributed by atoms with E-state index in [-0.39, 0.29) is 5.91 Å². The molecule has 0 radical (unpaired) electrons. The number of carbonyl (C=O) groups excluding carboxylic acids is 1. The summed E-state index contributed by atoms with van der Waals surface area (Å²) in [4.78, 5) is 14.3. The molecular formula is C16H24N2O. The molecule has 0 atom stereocenters. The normalized spacial score (nSPS) is 16.3. The first-order chi connectivity index (χ1) is 9.22. The van der Waals surface area contributed by atoms with Gasteiger partial charge >= 0.3 is 0 Å². The highest BCUT2D eigenvalue weighted by Gasteiger charge is 2.22. The molecule has 19 heavy (non-hydrogen) atoms. The Hall–Kier alpha value is -1.35. The number of benzene rings is 1. The average molecular weight is 260 g/mol. The second-order valence-electron chi connectivity index (χ2n) is 5.45. The molecule has 0 heterocycles. The van der Waals surface area contributed by atoms with Crippen LogP contribution >= 0.6 is 0 Å². The quantitative estimate of drug-likeness (QED) is 0.904. The van der Waals surface area contributed by atoms with E-state index in [1.165, 1.54) is 19.3 Å². The summed E-state index contributed by atoms with van der Waals surface area (Å²) in [7, 11) is 1.95. The number of hydrogen-bond donors (Lipinski definition) is 1. The van der Waals surface area contributed by atoms with Gasteiger partial charge in [0.1, 0.15) is 0 Å². The number of rotatable bonds is 4. The Morgan fingerprint density at radius 3 is 2.47 bits per heavy atom. The monoisotopic (exact) mass is 260 g/mol. The fourth-order valence-electron chi connectivity index (χ4n) is 2.89. The topological polar surface area (TPSA) is 46.3 Å². The van der Waals surface area contributed by atoms with E-state index < -0.39 is 0 Å². The maximum absolute atomic E-state index is 12.4. The van der Waals surface area contributed by atoms with Crippen molar-refractivity contribution in [2.75, 3.05) is 7.05 Å². The molecule has 0 spiro atoms. The molecule has 2 N–H and O–H groups in total. The smallest absolute Gasteiger partial charge is 0.226 e. The minimum absolute atomic E-state index is 0.216. The highest BCUT2D eigenvalue weighted by molar-refractivity contribution is 5.79. The van der Waals surface area contributed by atoms with Gasteiger partial charge in [-0.3, -0.25) is 4.79 Å². The van der Waals surface area contributed by atoms with E-state index in [0.29, 0.717) is 19.0 Å². The fraction of sp³-hybridized carbons (Fsp3) is 0.562. The number of carbonyl (C=O) groups is 1. The van der Waals surface area contributed by atoms with Crippen molar-refractivity contribution >= 4 is 5.91 Å². The first kappa shape index (κ1) is 14.1. The number of nitrogens with zero attached hydrogens (tertiary/aromatic N) is 1. The van der Waals surface area contributed by atoms with Crippen LogP contribution in [-0.2, 0) is 17.8 Å². The van der Waals surface area contributed by atoms with E-state index in [4.69, 9.17) is 5.73 Å². The number of likely N-dealkylation sites (N-methyl/N-ethyl adjacent to an activating group) is 1. The highest BCUT2D eigenvalue weighted by atomic mass is 16.2. The van der Waals surface area contributed by atoms with Crippen LogP contribution in [0.15, 0.2) is 24.3 Å². The van der Waals surface area contributed by atoms with E-state index in [1.54, 1.807) is 0 Å². The summed E-state index contributed by atoms with van der Waals surface area (Å²) >= 11 is 0. The third kappa shape index (κ3) is 3.57. The van der Waals surface area contributed by atoms with Gasteiger partial charge in [0.25, 0.3) is 0 Å². The highest BCUT2D eigenvalue weighted by Crippen LogP contribution is 2.22. The molecule has 0 aromatic heterocycles. The SMILES string of the molecule is CN(C(=O)Cc1ccccc1CN)C1CCCCC1. The molecule has 3 heteroatoms. The van der Waals surface area contributed by atoms with Crippen molar-refractivity contribution in [1.82, 2.24) is 4.90 Å². The van der Waals surface area contributed by atoms with Gasteiger partial charge in [-0.2, -0.15) is 0 Å². The molecule has 0 unspecified atom stereocenters. The van der Waals surface area contributed by atoms with E-state index in [0.717, 1.165) is 24.0 Å². The molecular weight excluding hydrogens is 236 g/mol. The lowest BCUT2D eigenvalue weighted by atomic mass is 9.94. The molecule has 1 saturated carbocycles. The fourth-order valence-corrected chi connectivity index (χ4v) is 2.89. The van der Waals surface area contributed by atoms with Crippen molar-refractivity contribution in [1.29, 1.82) is 0 Å². The minimum Gasteiger partial charge on any atom is -0.342 e. The van der Waals surface area contributed by atoms with Crippen LogP contribution in [0.2, 0.25) is 0 Å². The molecule has 2 rings (SSSR count). The van der Waals surface area contributed by atoms with Crippen LogP contribution in [0, 0.1) is 0 Å². The van der Waals surface area contributed by atoms with Crippen molar-refractivity contribution in [3.8, 4) is 0 Å². The van der Waals surface area contributed by atoms with Gasteiger partial charge in [0, 0.05) is 19.6 Å². The van der Waals surface area contributed by atoms with Crippen LogP contribution in [0.5, 0.6) is 0 Å². The van der Waals surface area contributed by atoms with Crippen LogP contribution in [0.25, 0.3) is 0 Å². The largest absolute Gasteiger partial charge is 0.342 e. The van der Waals surface area contributed by atoms with E-state index in [9.17, 15) is 4.79 Å². The summed E-state index contributed by atoms with van der Waals surface area (Å²) in [6.07, 6.45) is 6.60. The maximum Gasteiger partial charge on any atom is 0.226 e. The number of hydrogen-bond acceptors (Lipinski definition) is 2. The Bertz CT molecular complexity index is 425. The summed E-state index contributed by atoms with van der Waals surface area (Å²) in [5, 5.41) is 0. The van der Waals surface area contributed by atoms with Gasteiger partial charge < -0.3 is 10.6 Å². The molecule has 3 nitrogen and oxygen atoms in total. The zero-order valence-electron chi connectivity index (χ0n) is 11.8. The molecule has 0 bridgehead atoms. The Labute approximate surface area is 115 Å². The van der Waals surface area contributed by atoms with E-state index in [2.05, 4.69) is 0 Å². The standard InChI is InChI=1S/C16H24N2O/c1-18(15-9-3-2-4-10-15)16(19)11-13-7-5-6-8-14(13)12-17/h5-8,15H,2-4,9-12,17H2,1H3. The van der Waals surface area contributed by atoms with Gasteiger partial charge in [0.2, 0.25) is 5.91 Å². The lowest BCUT2D eigenvalue weighted by Crippen LogP contribution is -2.39. The molecule has 1 amide bonds. The van der Waals surface area contributed by atoms with Crippen LogP contribution in [0.3, 0.4) is 0 Å². The van der Waals surface area contributed by atoms with Gasteiger partial charge in [-0.05, 0) is 24.0 Å². The predicted octanol–water partition coefficient (Wildman–Crippen LogP) is 2.48. The third-order valence-electron chi connectivity index (χ3n) is 4.20. The molecule has 1 aliphatic rings. The second kappa shape index (κ2) is 6.71. The summed E-state index contributed by atoms with van der Waals surface area (Å²) in [5.74, 6) is 0.216. The van der Waals surface area contributed by atoms with E-state index in [1.807, 2.05) is 36.2 Å². The molecule has 0 saturated heterocycles. The molecule has 1 aromatic carbocycles. The number of amides is 1. The van der Waals surface area contributed by atoms with E-state index >= 15 is 0 Å². The summed E-state index contributed by atoms with van der Waals surface area (Å²) in [6.45, 7) is 0.497. The molecule has 1 aliphatic carbocycles. The molecule has 0 aliphatic heterocycles. The average Bonchev–Trinajstić information content (AvgIpc) is 2.48. The van der Waals surface area contributed by atoms with Crippen molar-refractivity contribution in [2.24, 2.45) is 5.73 Å². The van der Waals surface area contributed by atoms with Gasteiger partial charge in [-0.15, -0.1) is 0 Å². The first-order valence-corrected chi connectivity index (χ1v) is 7.25. The molecule has 1 fully saturated rings. The van der Waals surface area contributed by atoms with Crippen molar-refractivity contribution < 1.29 is 4.79 Å². The lowest BCUT2D eigenvalue weighted by molar-refractivity contribution is -0.131. The van der Waals surface area contributed by atoms with Crippen molar-refractivity contribution in [2.45, 2.75) is 51.1 Å². The summed E-state index contributed by atoms with van der Waals surface area (Å²) < 4.78 is 0. The third-order valence-corrected chi connectivity index (χ3v) is 4.20. The lowest BCUT2D eigenvalue weighted by Gasteiger charge is -2.31.